The van der Waals surface area contributed by atoms with Crippen LogP contribution in [0.1, 0.15) is 23.6 Å². The second kappa shape index (κ2) is 8.59. The number of hydrogen-bond acceptors (Lipinski definition) is 3. The predicted molar refractivity (Wildman–Crippen MR) is 85.1 cm³/mol. The third-order valence-corrected chi connectivity index (χ3v) is 3.03. The fourth-order valence-electron chi connectivity index (χ4n) is 1.90. The number of benzene rings is 2. The molecule has 2 aromatic rings. The monoisotopic (exact) mass is 292 g/mol. The molecule has 0 aliphatic heterocycles. The first-order chi connectivity index (χ1) is 9.29. The average Bonchev–Trinajstić information content (AvgIpc) is 2.47. The molecule has 0 spiro atoms. The van der Waals surface area contributed by atoms with Gasteiger partial charge in [0.1, 0.15) is 12.4 Å². The zero-order valence-electron chi connectivity index (χ0n) is 11.4. The van der Waals surface area contributed by atoms with Crippen molar-refractivity contribution in [2.24, 2.45) is 11.5 Å². The third kappa shape index (κ3) is 4.85. The van der Waals surface area contributed by atoms with Crippen molar-refractivity contribution in [1.82, 2.24) is 0 Å². The summed E-state index contributed by atoms with van der Waals surface area (Å²) in [6.45, 7) is 1.18. The van der Waals surface area contributed by atoms with E-state index in [1.54, 1.807) is 0 Å². The van der Waals surface area contributed by atoms with Gasteiger partial charge >= 0.3 is 0 Å². The van der Waals surface area contributed by atoms with Gasteiger partial charge in [0.15, 0.2) is 0 Å². The summed E-state index contributed by atoms with van der Waals surface area (Å²) in [5, 5.41) is 0. The molecule has 4 heteroatoms. The molecule has 0 heterocycles. The Labute approximate surface area is 126 Å². The van der Waals surface area contributed by atoms with Gasteiger partial charge in [-0.3, -0.25) is 0 Å². The van der Waals surface area contributed by atoms with Gasteiger partial charge in [-0.05, 0) is 36.2 Å². The van der Waals surface area contributed by atoms with Crippen molar-refractivity contribution in [3.8, 4) is 5.75 Å². The van der Waals surface area contributed by atoms with E-state index in [1.165, 1.54) is 0 Å². The maximum atomic E-state index is 6.00. The van der Waals surface area contributed by atoms with Crippen LogP contribution in [0.5, 0.6) is 5.75 Å². The Balaban J connectivity index is 0.00000200. The van der Waals surface area contributed by atoms with Gasteiger partial charge in [-0.1, -0.05) is 42.5 Å². The Morgan fingerprint density at radius 2 is 1.60 bits per heavy atom. The molecule has 2 aromatic carbocycles. The van der Waals surface area contributed by atoms with Crippen molar-refractivity contribution in [1.29, 1.82) is 0 Å². The molecule has 108 valence electrons. The summed E-state index contributed by atoms with van der Waals surface area (Å²) in [5.41, 5.74) is 13.8. The molecule has 0 radical (unpaired) electrons. The van der Waals surface area contributed by atoms with Gasteiger partial charge in [-0.25, -0.2) is 0 Å². The Morgan fingerprint density at radius 3 is 2.20 bits per heavy atom. The van der Waals surface area contributed by atoms with Gasteiger partial charge in [0.25, 0.3) is 0 Å². The Morgan fingerprint density at radius 1 is 0.950 bits per heavy atom. The average molecular weight is 293 g/mol. The lowest BCUT2D eigenvalue weighted by Gasteiger charge is -2.12. The van der Waals surface area contributed by atoms with E-state index < -0.39 is 0 Å². The van der Waals surface area contributed by atoms with Crippen molar-refractivity contribution < 1.29 is 4.74 Å². The number of ether oxygens (including phenoxy) is 1. The van der Waals surface area contributed by atoms with Crippen LogP contribution in [-0.4, -0.2) is 6.54 Å². The predicted octanol–water partition coefficient (Wildman–Crippen LogP) is 3.04. The van der Waals surface area contributed by atoms with Gasteiger partial charge in [-0.2, -0.15) is 0 Å². The lowest BCUT2D eigenvalue weighted by Crippen LogP contribution is -2.15. The highest BCUT2D eigenvalue weighted by molar-refractivity contribution is 5.85. The second-order valence-corrected chi connectivity index (χ2v) is 4.53. The molecule has 1 atom stereocenters. The van der Waals surface area contributed by atoms with Gasteiger partial charge in [-0.15, -0.1) is 12.4 Å². The Kier molecular flexibility index (Phi) is 7.09. The van der Waals surface area contributed by atoms with Crippen LogP contribution in [-0.2, 0) is 6.61 Å². The fraction of sp³-hybridized carbons (Fsp3) is 0.250. The van der Waals surface area contributed by atoms with E-state index in [1.807, 2.05) is 54.6 Å². The first kappa shape index (κ1) is 16.5. The lowest BCUT2D eigenvalue weighted by molar-refractivity contribution is 0.306. The maximum Gasteiger partial charge on any atom is 0.119 e. The standard InChI is InChI=1S/C16H20N2O.ClH/c17-11-10-16(18)14-6-8-15(9-7-14)19-12-13-4-2-1-3-5-13;/h1-9,16H,10-12,17-18H2;1H/t16-;/m0./s1. The minimum atomic E-state index is 0. The quantitative estimate of drug-likeness (QED) is 0.860. The summed E-state index contributed by atoms with van der Waals surface area (Å²) >= 11 is 0. The summed E-state index contributed by atoms with van der Waals surface area (Å²) in [7, 11) is 0. The number of nitrogens with two attached hydrogens (primary N) is 2. The molecule has 4 N–H and O–H groups in total. The molecule has 0 saturated heterocycles. The van der Waals surface area contributed by atoms with E-state index >= 15 is 0 Å². The molecule has 0 fully saturated rings. The molecule has 0 bridgehead atoms. The molecule has 0 amide bonds. The molecule has 0 aliphatic carbocycles. The van der Waals surface area contributed by atoms with E-state index in [2.05, 4.69) is 0 Å². The van der Waals surface area contributed by atoms with E-state index in [0.717, 1.165) is 23.3 Å². The van der Waals surface area contributed by atoms with Crippen LogP contribution in [0.3, 0.4) is 0 Å². The molecular weight excluding hydrogens is 272 g/mol. The largest absolute Gasteiger partial charge is 0.489 e. The van der Waals surface area contributed by atoms with Crippen molar-refractivity contribution in [3.63, 3.8) is 0 Å². The molecule has 3 nitrogen and oxygen atoms in total. The van der Waals surface area contributed by atoms with Crippen molar-refractivity contribution in [3.05, 3.63) is 65.7 Å². The maximum absolute atomic E-state index is 6.00. The molecule has 0 aromatic heterocycles. The SMILES string of the molecule is Cl.NCC[C@H](N)c1ccc(OCc2ccccc2)cc1. The Hall–Kier alpha value is -1.55. The topological polar surface area (TPSA) is 61.3 Å². The smallest absolute Gasteiger partial charge is 0.119 e. The molecular formula is C16H21ClN2O. The Bertz CT molecular complexity index is 488. The molecule has 2 rings (SSSR count). The molecule has 20 heavy (non-hydrogen) atoms. The van der Waals surface area contributed by atoms with Crippen LogP contribution in [0.25, 0.3) is 0 Å². The first-order valence-electron chi connectivity index (χ1n) is 6.52. The highest BCUT2D eigenvalue weighted by Gasteiger charge is 2.04. The third-order valence-electron chi connectivity index (χ3n) is 3.03. The normalized spacial score (nSPS) is 11.5. The van der Waals surface area contributed by atoms with Gasteiger partial charge in [0, 0.05) is 6.04 Å². The van der Waals surface area contributed by atoms with Crippen LogP contribution in [0, 0.1) is 0 Å². The summed E-state index contributed by atoms with van der Waals surface area (Å²) in [6, 6.07) is 18.0. The van der Waals surface area contributed by atoms with Crippen LogP contribution in [0.4, 0.5) is 0 Å². The minimum Gasteiger partial charge on any atom is -0.489 e. The van der Waals surface area contributed by atoms with E-state index in [-0.39, 0.29) is 18.4 Å². The van der Waals surface area contributed by atoms with Crippen LogP contribution >= 0.6 is 12.4 Å². The molecule has 0 saturated carbocycles. The van der Waals surface area contributed by atoms with Crippen LogP contribution in [0.2, 0.25) is 0 Å². The van der Waals surface area contributed by atoms with Crippen LogP contribution in [0.15, 0.2) is 54.6 Å². The minimum absolute atomic E-state index is 0. The fourth-order valence-corrected chi connectivity index (χ4v) is 1.90. The molecule has 0 aliphatic rings. The lowest BCUT2D eigenvalue weighted by atomic mass is 10.0. The first-order valence-corrected chi connectivity index (χ1v) is 6.52. The molecule has 0 unspecified atom stereocenters. The summed E-state index contributed by atoms with van der Waals surface area (Å²) < 4.78 is 5.72. The van der Waals surface area contributed by atoms with E-state index in [9.17, 15) is 0 Å². The highest BCUT2D eigenvalue weighted by Crippen LogP contribution is 2.19. The second-order valence-electron chi connectivity index (χ2n) is 4.53. The zero-order valence-corrected chi connectivity index (χ0v) is 12.2. The van der Waals surface area contributed by atoms with Crippen molar-refractivity contribution in [2.75, 3.05) is 6.54 Å². The van der Waals surface area contributed by atoms with E-state index in [0.29, 0.717) is 13.2 Å². The van der Waals surface area contributed by atoms with Crippen molar-refractivity contribution >= 4 is 12.4 Å². The van der Waals surface area contributed by atoms with Crippen LogP contribution < -0.4 is 16.2 Å². The van der Waals surface area contributed by atoms with Gasteiger partial charge < -0.3 is 16.2 Å². The number of hydrogen-bond donors (Lipinski definition) is 2. The summed E-state index contributed by atoms with van der Waals surface area (Å²) in [4.78, 5) is 0. The zero-order chi connectivity index (χ0) is 13.5. The van der Waals surface area contributed by atoms with E-state index in [4.69, 9.17) is 16.2 Å². The summed E-state index contributed by atoms with van der Waals surface area (Å²) in [5.74, 6) is 0.854. The van der Waals surface area contributed by atoms with Gasteiger partial charge in [0.05, 0.1) is 0 Å². The highest BCUT2D eigenvalue weighted by atomic mass is 35.5. The number of halogens is 1. The van der Waals surface area contributed by atoms with Crippen molar-refractivity contribution in [2.45, 2.75) is 19.1 Å². The summed E-state index contributed by atoms with van der Waals surface area (Å²) in [6.07, 6.45) is 0.796. The van der Waals surface area contributed by atoms with Gasteiger partial charge in [0.2, 0.25) is 0 Å². The number of rotatable bonds is 6.